The maximum atomic E-state index is 13.3. The van der Waals surface area contributed by atoms with Crippen LogP contribution >= 0.6 is 7.82 Å². The van der Waals surface area contributed by atoms with Crippen molar-refractivity contribution in [2.75, 3.05) is 24.7 Å². The Balaban J connectivity index is 1.19. The van der Waals surface area contributed by atoms with E-state index in [9.17, 15) is 22.7 Å². The molecule has 4 aromatic rings. The number of anilines is 2. The first kappa shape index (κ1) is 29.1. The molecular formula is C21H26N11O10PS. The minimum Gasteiger partial charge on any atom is -0.382 e. The lowest BCUT2D eigenvalue weighted by molar-refractivity contribution is -0.0533. The minimum absolute atomic E-state index is 0.00926. The van der Waals surface area contributed by atoms with Crippen LogP contribution in [0.4, 0.5) is 11.8 Å². The summed E-state index contributed by atoms with van der Waals surface area (Å²) in [6.07, 6.45) is -1.34. The average molecular weight is 656 g/mol. The van der Waals surface area contributed by atoms with Crippen LogP contribution in [0.2, 0.25) is 0 Å². The first-order valence-corrected chi connectivity index (χ1v) is 16.1. The number of phosphoric acid groups is 1. The molecule has 0 spiro atoms. The number of H-pyrrole nitrogens is 1. The number of rotatable bonds is 2. The highest BCUT2D eigenvalue weighted by Gasteiger charge is 2.50. The quantitative estimate of drug-likeness (QED) is 0.156. The molecule has 8 atom stereocenters. The number of fused-ring (bicyclic) bond motifs is 5. The van der Waals surface area contributed by atoms with Gasteiger partial charge in [-0.3, -0.25) is 32.1 Å². The lowest BCUT2D eigenvalue weighted by Crippen LogP contribution is -2.43. The molecule has 3 saturated heterocycles. The van der Waals surface area contributed by atoms with E-state index in [1.807, 2.05) is 0 Å². The molecular weight excluding hydrogens is 629 g/mol. The van der Waals surface area contributed by atoms with Crippen molar-refractivity contribution in [2.24, 2.45) is 5.92 Å². The predicted molar refractivity (Wildman–Crippen MR) is 146 cm³/mol. The third kappa shape index (κ3) is 5.12. The summed E-state index contributed by atoms with van der Waals surface area (Å²) in [6, 6.07) is -0.961. The molecule has 0 aliphatic carbocycles. The Morgan fingerprint density at radius 2 is 1.82 bits per heavy atom. The molecule has 21 nitrogen and oxygen atoms in total. The Morgan fingerprint density at radius 1 is 1.05 bits per heavy atom. The normalized spacial score (nSPS) is 34.4. The second kappa shape index (κ2) is 10.5. The van der Waals surface area contributed by atoms with Crippen molar-refractivity contribution in [1.29, 1.82) is 0 Å². The maximum Gasteiger partial charge on any atom is 0.472 e. The molecule has 7 rings (SSSR count). The molecule has 0 radical (unpaired) electrons. The van der Waals surface area contributed by atoms with Gasteiger partial charge in [0.1, 0.15) is 30.3 Å². The van der Waals surface area contributed by atoms with E-state index in [4.69, 9.17) is 34.2 Å². The summed E-state index contributed by atoms with van der Waals surface area (Å²) in [5, 5.41) is 0. The van der Waals surface area contributed by atoms with E-state index >= 15 is 0 Å². The summed E-state index contributed by atoms with van der Waals surface area (Å²) >= 11 is 0. The first-order valence-electron chi connectivity index (χ1n) is 13.2. The first-order chi connectivity index (χ1) is 20.9. The van der Waals surface area contributed by atoms with Crippen molar-refractivity contribution in [1.82, 2.24) is 43.8 Å². The molecule has 3 fully saturated rings. The Morgan fingerprint density at radius 3 is 2.64 bits per heavy atom. The summed E-state index contributed by atoms with van der Waals surface area (Å²) in [7, 11) is -9.26. The summed E-state index contributed by atoms with van der Waals surface area (Å²) in [5.41, 5.74) is 11.6. The molecule has 44 heavy (non-hydrogen) atoms. The Labute approximate surface area is 246 Å². The van der Waals surface area contributed by atoms with Crippen LogP contribution in [0.25, 0.3) is 22.3 Å². The number of phosphoric ester groups is 1. The SMILES string of the molecule is C[C@H]1[C@H]2OP(=O)(O)OC[C@H]3O[C@@H](n4cnc5c(N)ncnc54)C[C@@H]3NS(=O)(=O)OC[C@H]1O[C@H]2n1cnc2c(=O)[nH]c(N)nc21. The van der Waals surface area contributed by atoms with Crippen molar-refractivity contribution < 1.29 is 40.6 Å². The molecule has 7 N–H and O–H groups in total. The van der Waals surface area contributed by atoms with Gasteiger partial charge in [0.15, 0.2) is 28.9 Å². The third-order valence-electron chi connectivity index (χ3n) is 7.70. The van der Waals surface area contributed by atoms with Crippen molar-refractivity contribution in [3.8, 4) is 0 Å². The van der Waals surface area contributed by atoms with E-state index in [1.165, 1.54) is 28.1 Å². The van der Waals surface area contributed by atoms with E-state index in [1.54, 1.807) is 6.92 Å². The number of hydrogen-bond acceptors (Lipinski definition) is 16. The van der Waals surface area contributed by atoms with Crippen LogP contribution in [0.3, 0.4) is 0 Å². The Bertz CT molecular complexity index is 1970. The zero-order chi connectivity index (χ0) is 31.0. The molecule has 23 heteroatoms. The molecule has 4 aromatic heterocycles. The number of hydrogen-bond donors (Lipinski definition) is 5. The fourth-order valence-corrected chi connectivity index (χ4v) is 7.53. The predicted octanol–water partition coefficient (Wildman–Crippen LogP) is -1.32. The fraction of sp³-hybridized carbons (Fsp3) is 0.524. The molecule has 3 aliphatic heterocycles. The van der Waals surface area contributed by atoms with Gasteiger partial charge in [-0.05, 0) is 0 Å². The molecule has 7 heterocycles. The van der Waals surface area contributed by atoms with E-state index in [0.29, 0.717) is 11.2 Å². The number of aromatic amines is 1. The molecule has 0 amide bonds. The van der Waals surface area contributed by atoms with Crippen LogP contribution in [0.5, 0.6) is 0 Å². The van der Waals surface area contributed by atoms with Crippen LogP contribution in [0.1, 0.15) is 25.8 Å². The minimum atomic E-state index is -4.84. The van der Waals surface area contributed by atoms with E-state index in [2.05, 4.69) is 34.6 Å². The summed E-state index contributed by atoms with van der Waals surface area (Å²) in [6.45, 7) is 0.565. The van der Waals surface area contributed by atoms with Gasteiger partial charge >= 0.3 is 18.1 Å². The van der Waals surface area contributed by atoms with Gasteiger partial charge in [0, 0.05) is 12.3 Å². The topological polar surface area (TPSA) is 289 Å². The van der Waals surface area contributed by atoms with Crippen molar-refractivity contribution in [2.45, 2.75) is 50.2 Å². The summed E-state index contributed by atoms with van der Waals surface area (Å²) in [5.74, 6) is -0.780. The van der Waals surface area contributed by atoms with Gasteiger partial charge in [-0.15, -0.1) is 0 Å². The molecule has 2 bridgehead atoms. The van der Waals surface area contributed by atoms with Crippen LogP contribution in [0, 0.1) is 5.92 Å². The van der Waals surface area contributed by atoms with Crippen molar-refractivity contribution >= 4 is 52.2 Å². The van der Waals surface area contributed by atoms with Crippen molar-refractivity contribution in [3.05, 3.63) is 29.3 Å². The number of nitrogens with two attached hydrogens (primary N) is 2. The van der Waals surface area contributed by atoms with Crippen LogP contribution < -0.4 is 21.7 Å². The zero-order valence-corrected chi connectivity index (χ0v) is 24.4. The number of nitrogens with zero attached hydrogens (tertiary/aromatic N) is 7. The lowest BCUT2D eigenvalue weighted by atomic mass is 10.0. The second-order valence-corrected chi connectivity index (χ2v) is 13.2. The smallest absolute Gasteiger partial charge is 0.382 e. The lowest BCUT2D eigenvalue weighted by Gasteiger charge is -2.25. The summed E-state index contributed by atoms with van der Waals surface area (Å²) in [4.78, 5) is 45.9. The molecule has 236 valence electrons. The van der Waals surface area contributed by atoms with Gasteiger partial charge in [0.05, 0.1) is 38.0 Å². The molecule has 3 aliphatic rings. The van der Waals surface area contributed by atoms with Gasteiger partial charge in [-0.2, -0.15) is 18.1 Å². The van der Waals surface area contributed by atoms with E-state index in [0.717, 1.165) is 0 Å². The number of nitrogen functional groups attached to an aromatic ring is 2. The number of imidazole rings is 2. The third-order valence-corrected chi connectivity index (χ3v) is 9.72. The highest BCUT2D eigenvalue weighted by Crippen LogP contribution is 2.51. The van der Waals surface area contributed by atoms with E-state index < -0.39 is 79.6 Å². The molecule has 1 unspecified atom stereocenters. The van der Waals surface area contributed by atoms with Crippen LogP contribution in [-0.4, -0.2) is 89.9 Å². The Hall–Kier alpha value is -3.60. The number of aromatic nitrogens is 8. The van der Waals surface area contributed by atoms with Crippen molar-refractivity contribution in [3.63, 3.8) is 0 Å². The standard InChI is InChI=1S/C21H26N11O10PS/c1-8-10-4-39-44(36,37)30-9-2-12(31-6-26-13-16(22)24-5-25-17(13)31)40-11(9)3-38-43(34,35)42-15(8)20(41-10)32-7-27-14-18(32)28-21(23)29-19(14)33/h5-12,15,20,30H,2-4H2,1H3,(H,34,35)(H2,22,24,25)(H3,23,28,29,33)/t8-,9+,10-,11-,12-,15-,20-/m1/s1. The van der Waals surface area contributed by atoms with Crippen LogP contribution in [-0.2, 0) is 37.6 Å². The number of nitrogens with one attached hydrogen (secondary N) is 2. The largest absolute Gasteiger partial charge is 0.472 e. The highest BCUT2D eigenvalue weighted by atomic mass is 32.2. The summed E-state index contributed by atoms with van der Waals surface area (Å²) < 4.78 is 73.0. The Kier molecular flexibility index (Phi) is 6.95. The van der Waals surface area contributed by atoms with E-state index in [-0.39, 0.29) is 29.4 Å². The molecule has 0 saturated carbocycles. The monoisotopic (exact) mass is 655 g/mol. The fourth-order valence-electron chi connectivity index (χ4n) is 5.53. The van der Waals surface area contributed by atoms with Gasteiger partial charge in [-0.25, -0.2) is 24.5 Å². The van der Waals surface area contributed by atoms with Gasteiger partial charge in [0.2, 0.25) is 5.95 Å². The highest BCUT2D eigenvalue weighted by molar-refractivity contribution is 7.84. The van der Waals surface area contributed by atoms with Gasteiger partial charge in [-0.1, -0.05) is 6.92 Å². The van der Waals surface area contributed by atoms with Crippen LogP contribution in [0.15, 0.2) is 23.8 Å². The zero-order valence-electron chi connectivity index (χ0n) is 22.7. The maximum absolute atomic E-state index is 13.3. The van der Waals surface area contributed by atoms with Gasteiger partial charge in [0.25, 0.3) is 5.56 Å². The molecule has 0 aromatic carbocycles. The second-order valence-electron chi connectivity index (χ2n) is 10.4. The average Bonchev–Trinajstić information content (AvgIpc) is 3.72. The van der Waals surface area contributed by atoms with Gasteiger partial charge < -0.3 is 25.8 Å². The number of ether oxygens (including phenoxy) is 2.